The van der Waals surface area contributed by atoms with Gasteiger partial charge in [0.2, 0.25) is 0 Å². The number of anilines is 1. The summed E-state index contributed by atoms with van der Waals surface area (Å²) in [4.78, 5) is 15.7. The van der Waals surface area contributed by atoms with E-state index in [0.717, 1.165) is 31.7 Å². The minimum absolute atomic E-state index is 0.144. The molecule has 0 aromatic carbocycles. The zero-order valence-electron chi connectivity index (χ0n) is 11.8. The highest BCUT2D eigenvalue weighted by molar-refractivity contribution is 9.10. The second-order valence-electron chi connectivity index (χ2n) is 4.62. The summed E-state index contributed by atoms with van der Waals surface area (Å²) in [5.41, 5.74) is 1.75. The van der Waals surface area contributed by atoms with Gasteiger partial charge in [-0.3, -0.25) is 9.78 Å². The topological polar surface area (TPSA) is 71.8 Å². The van der Waals surface area contributed by atoms with Crippen LogP contribution in [0.4, 0.5) is 5.69 Å². The van der Waals surface area contributed by atoms with Gasteiger partial charge in [0, 0.05) is 32.5 Å². The van der Waals surface area contributed by atoms with E-state index in [1.165, 1.54) is 10.2 Å². The standard InChI is InChI=1S/C14H18BrN5O/c1-20-14(21)13(15)12(10-19-20)18-7-3-6-17-9-11-4-2-5-16-8-11/h2,4-5,8,10,17-18H,3,6-7,9H2,1H3. The van der Waals surface area contributed by atoms with E-state index in [4.69, 9.17) is 0 Å². The summed E-state index contributed by atoms with van der Waals surface area (Å²) < 4.78 is 1.81. The summed E-state index contributed by atoms with van der Waals surface area (Å²) in [5, 5.41) is 10.5. The Labute approximate surface area is 131 Å². The normalized spacial score (nSPS) is 10.6. The van der Waals surface area contributed by atoms with Gasteiger partial charge in [-0.15, -0.1) is 0 Å². The molecular formula is C14H18BrN5O. The Kier molecular flexibility index (Phi) is 5.89. The van der Waals surface area contributed by atoms with E-state index < -0.39 is 0 Å². The molecule has 0 aliphatic carbocycles. The number of nitrogens with one attached hydrogen (secondary N) is 2. The number of hydrogen-bond donors (Lipinski definition) is 2. The lowest BCUT2D eigenvalue weighted by Crippen LogP contribution is -2.22. The van der Waals surface area contributed by atoms with Gasteiger partial charge in [-0.05, 0) is 40.5 Å². The van der Waals surface area contributed by atoms with Crippen LogP contribution in [0, 0.1) is 0 Å². The first-order valence-corrected chi connectivity index (χ1v) is 7.53. The Morgan fingerprint density at radius 3 is 2.95 bits per heavy atom. The smallest absolute Gasteiger partial charge is 0.282 e. The van der Waals surface area contributed by atoms with E-state index in [-0.39, 0.29) is 5.56 Å². The van der Waals surface area contributed by atoms with Crippen molar-refractivity contribution in [2.45, 2.75) is 13.0 Å². The van der Waals surface area contributed by atoms with Crippen molar-refractivity contribution < 1.29 is 0 Å². The summed E-state index contributed by atoms with van der Waals surface area (Å²) >= 11 is 3.29. The lowest BCUT2D eigenvalue weighted by Gasteiger charge is -2.09. The molecule has 2 aromatic heterocycles. The Morgan fingerprint density at radius 2 is 2.19 bits per heavy atom. The molecule has 0 atom stereocenters. The second kappa shape index (κ2) is 7.90. The average molecular weight is 352 g/mol. The fourth-order valence-corrected chi connectivity index (χ4v) is 2.30. The van der Waals surface area contributed by atoms with Crippen LogP contribution in [-0.2, 0) is 13.6 Å². The highest BCUT2D eigenvalue weighted by Gasteiger charge is 2.05. The summed E-state index contributed by atoms with van der Waals surface area (Å²) in [5.74, 6) is 0. The minimum atomic E-state index is -0.144. The van der Waals surface area contributed by atoms with Gasteiger partial charge in [0.1, 0.15) is 4.47 Å². The maximum Gasteiger partial charge on any atom is 0.282 e. The highest BCUT2D eigenvalue weighted by atomic mass is 79.9. The maximum atomic E-state index is 11.7. The van der Waals surface area contributed by atoms with Crippen LogP contribution in [-0.4, -0.2) is 27.9 Å². The molecule has 0 aliphatic rings. The Morgan fingerprint density at radius 1 is 1.33 bits per heavy atom. The number of rotatable bonds is 7. The van der Waals surface area contributed by atoms with Crippen LogP contribution < -0.4 is 16.2 Å². The van der Waals surface area contributed by atoms with Crippen LogP contribution in [0.15, 0.2) is 40.0 Å². The molecule has 0 bridgehead atoms. The number of halogens is 1. The Balaban J connectivity index is 1.68. The first-order chi connectivity index (χ1) is 10.2. The number of pyridine rings is 1. The molecule has 21 heavy (non-hydrogen) atoms. The first kappa shape index (κ1) is 15.7. The van der Waals surface area contributed by atoms with Gasteiger partial charge in [0.25, 0.3) is 5.56 Å². The molecule has 0 amide bonds. The van der Waals surface area contributed by atoms with Gasteiger partial charge >= 0.3 is 0 Å². The third-order valence-corrected chi connectivity index (χ3v) is 3.74. The van der Waals surface area contributed by atoms with E-state index in [0.29, 0.717) is 4.47 Å². The van der Waals surface area contributed by atoms with Crippen molar-refractivity contribution in [3.8, 4) is 0 Å². The van der Waals surface area contributed by atoms with Gasteiger partial charge in [0.05, 0.1) is 11.9 Å². The molecule has 2 aromatic rings. The molecule has 0 saturated heterocycles. The van der Waals surface area contributed by atoms with Crippen LogP contribution in [0.25, 0.3) is 0 Å². The molecule has 0 fully saturated rings. The molecule has 6 nitrogen and oxygen atoms in total. The second-order valence-corrected chi connectivity index (χ2v) is 5.41. The molecule has 2 heterocycles. The molecule has 2 rings (SSSR count). The Bertz CT molecular complexity index is 629. The molecule has 0 unspecified atom stereocenters. The van der Waals surface area contributed by atoms with Gasteiger partial charge in [0.15, 0.2) is 0 Å². The van der Waals surface area contributed by atoms with E-state index in [2.05, 4.69) is 36.6 Å². The number of hydrogen-bond acceptors (Lipinski definition) is 5. The zero-order chi connectivity index (χ0) is 15.1. The van der Waals surface area contributed by atoms with Crippen molar-refractivity contribution in [1.29, 1.82) is 0 Å². The monoisotopic (exact) mass is 351 g/mol. The summed E-state index contributed by atoms with van der Waals surface area (Å²) in [6.07, 6.45) is 6.22. The van der Waals surface area contributed by atoms with Gasteiger partial charge in [-0.1, -0.05) is 6.07 Å². The molecule has 0 radical (unpaired) electrons. The highest BCUT2D eigenvalue weighted by Crippen LogP contribution is 2.15. The zero-order valence-corrected chi connectivity index (χ0v) is 13.4. The van der Waals surface area contributed by atoms with Crippen molar-refractivity contribution in [1.82, 2.24) is 20.1 Å². The third kappa shape index (κ3) is 4.64. The van der Waals surface area contributed by atoms with E-state index in [9.17, 15) is 4.79 Å². The van der Waals surface area contributed by atoms with Crippen molar-refractivity contribution in [2.24, 2.45) is 7.05 Å². The predicted octanol–water partition coefficient (Wildman–Crippen LogP) is 1.53. The lowest BCUT2D eigenvalue weighted by molar-refractivity contribution is 0.660. The van der Waals surface area contributed by atoms with Crippen LogP contribution in [0.2, 0.25) is 0 Å². The maximum absolute atomic E-state index is 11.7. The predicted molar refractivity (Wildman–Crippen MR) is 86.2 cm³/mol. The number of aromatic nitrogens is 3. The fraction of sp³-hybridized carbons (Fsp3) is 0.357. The van der Waals surface area contributed by atoms with E-state index in [1.54, 1.807) is 19.4 Å². The molecule has 0 spiro atoms. The molecular weight excluding hydrogens is 334 g/mol. The van der Waals surface area contributed by atoms with Gasteiger partial charge in [-0.2, -0.15) is 5.10 Å². The van der Waals surface area contributed by atoms with Crippen molar-refractivity contribution in [3.05, 3.63) is 51.1 Å². The van der Waals surface area contributed by atoms with Crippen molar-refractivity contribution in [2.75, 3.05) is 18.4 Å². The van der Waals surface area contributed by atoms with E-state index >= 15 is 0 Å². The third-order valence-electron chi connectivity index (χ3n) is 2.98. The van der Waals surface area contributed by atoms with Crippen LogP contribution in [0.3, 0.4) is 0 Å². The Hall–Kier alpha value is -1.73. The van der Waals surface area contributed by atoms with Crippen LogP contribution >= 0.6 is 15.9 Å². The molecule has 112 valence electrons. The first-order valence-electron chi connectivity index (χ1n) is 6.74. The molecule has 0 aliphatic heterocycles. The quantitative estimate of drug-likeness (QED) is 0.740. The summed E-state index contributed by atoms with van der Waals surface area (Å²) in [6.45, 7) is 2.47. The molecule has 2 N–H and O–H groups in total. The average Bonchev–Trinajstić information content (AvgIpc) is 2.51. The SMILES string of the molecule is Cn1ncc(NCCCNCc2cccnc2)c(Br)c1=O. The molecule has 0 saturated carbocycles. The fourth-order valence-electron chi connectivity index (χ4n) is 1.81. The van der Waals surface area contributed by atoms with Crippen molar-refractivity contribution >= 4 is 21.6 Å². The van der Waals surface area contributed by atoms with Gasteiger partial charge < -0.3 is 10.6 Å². The number of nitrogens with zero attached hydrogens (tertiary/aromatic N) is 3. The lowest BCUT2D eigenvalue weighted by atomic mass is 10.3. The number of aryl methyl sites for hydroxylation is 1. The van der Waals surface area contributed by atoms with E-state index in [1.807, 2.05) is 18.3 Å². The van der Waals surface area contributed by atoms with Gasteiger partial charge in [-0.25, -0.2) is 4.68 Å². The summed E-state index contributed by atoms with van der Waals surface area (Å²) in [6, 6.07) is 3.97. The minimum Gasteiger partial charge on any atom is -0.383 e. The summed E-state index contributed by atoms with van der Waals surface area (Å²) in [7, 11) is 1.62. The van der Waals surface area contributed by atoms with Crippen molar-refractivity contribution in [3.63, 3.8) is 0 Å². The molecule has 7 heteroatoms. The van der Waals surface area contributed by atoms with Crippen LogP contribution in [0.1, 0.15) is 12.0 Å². The largest absolute Gasteiger partial charge is 0.383 e. The van der Waals surface area contributed by atoms with Crippen LogP contribution in [0.5, 0.6) is 0 Å².